The Labute approximate surface area is 199 Å². The fraction of sp³-hybridized carbons (Fsp3) is 0.421. The lowest BCUT2D eigenvalue weighted by atomic mass is 9.87. The number of hydrogen-bond donors (Lipinski definition) is 1. The van der Waals surface area contributed by atoms with E-state index in [2.05, 4.69) is 0 Å². The summed E-state index contributed by atoms with van der Waals surface area (Å²) >= 11 is 0. The number of benzene rings is 1. The van der Waals surface area contributed by atoms with Gasteiger partial charge in [0, 0.05) is 0 Å². The molecule has 2 nitrogen and oxygen atoms in total. The molecule has 0 fully saturated rings. The predicted molar refractivity (Wildman–Crippen MR) is 91.9 cm³/mol. The molecule has 0 aromatic heterocycles. The third-order valence-electron chi connectivity index (χ3n) is 4.64. The Morgan fingerprint density at radius 1 is 0.579 bits per heavy atom. The summed E-state index contributed by atoms with van der Waals surface area (Å²) in [4.78, 5) is 11.0. The molecule has 0 aliphatic carbocycles. The van der Waals surface area contributed by atoms with E-state index in [9.17, 15) is 79.4 Å². The second kappa shape index (κ2) is 9.62. The number of alkyl halides is 17. The fourth-order valence-electron chi connectivity index (χ4n) is 2.46. The number of carbonyl (C=O) groups is 1. The van der Waals surface area contributed by atoms with Gasteiger partial charge in [0.25, 0.3) is 0 Å². The Balaban J connectivity index is 3.72. The van der Waals surface area contributed by atoms with E-state index in [4.69, 9.17) is 5.11 Å². The van der Waals surface area contributed by atoms with Crippen LogP contribution in [0.4, 0.5) is 74.6 Å². The van der Waals surface area contributed by atoms with E-state index in [1.54, 1.807) is 0 Å². The van der Waals surface area contributed by atoms with E-state index in [0.29, 0.717) is 6.08 Å². The molecular formula is C19H9F17O2. The molecule has 0 aliphatic heterocycles. The van der Waals surface area contributed by atoms with E-state index in [0.717, 1.165) is 0 Å². The molecule has 1 rings (SSSR count). The van der Waals surface area contributed by atoms with Crippen molar-refractivity contribution in [2.75, 3.05) is 0 Å². The van der Waals surface area contributed by atoms with Crippen LogP contribution in [0.2, 0.25) is 0 Å². The number of carboxylic acid groups (broad SMARTS) is 1. The first-order valence-electron chi connectivity index (χ1n) is 9.05. The third-order valence-corrected chi connectivity index (χ3v) is 4.64. The van der Waals surface area contributed by atoms with E-state index in [1.807, 2.05) is 0 Å². The summed E-state index contributed by atoms with van der Waals surface area (Å²) in [5.74, 6) is -61.6. The highest BCUT2D eigenvalue weighted by Gasteiger charge is 2.95. The molecule has 0 unspecified atom stereocenters. The average molecular weight is 592 g/mol. The van der Waals surface area contributed by atoms with Crippen molar-refractivity contribution in [1.29, 1.82) is 0 Å². The second-order valence-electron chi connectivity index (χ2n) is 7.17. The zero-order chi connectivity index (χ0) is 30.4. The van der Waals surface area contributed by atoms with Crippen LogP contribution in [0.5, 0.6) is 0 Å². The van der Waals surface area contributed by atoms with E-state index >= 15 is 0 Å². The van der Waals surface area contributed by atoms with Gasteiger partial charge >= 0.3 is 53.6 Å². The van der Waals surface area contributed by atoms with Crippen molar-refractivity contribution in [2.45, 2.75) is 47.6 Å². The summed E-state index contributed by atoms with van der Waals surface area (Å²) < 4.78 is 227. The zero-order valence-electron chi connectivity index (χ0n) is 17.4. The van der Waals surface area contributed by atoms with Crippen molar-refractivity contribution in [3.63, 3.8) is 0 Å². The highest BCUT2D eigenvalue weighted by molar-refractivity contribution is 5.89. The molecule has 0 atom stereocenters. The van der Waals surface area contributed by atoms with Gasteiger partial charge in [-0.3, -0.25) is 0 Å². The number of carboxylic acids is 1. The average Bonchev–Trinajstić information content (AvgIpc) is 2.75. The Bertz CT molecular complexity index is 1070. The Morgan fingerprint density at radius 3 is 1.32 bits per heavy atom. The number of rotatable bonds is 10. The van der Waals surface area contributed by atoms with Gasteiger partial charge in [0.05, 0.1) is 0 Å². The van der Waals surface area contributed by atoms with Crippen molar-refractivity contribution in [3.05, 3.63) is 53.6 Å². The summed E-state index contributed by atoms with van der Waals surface area (Å²) in [6.45, 7) is 0. The van der Waals surface area contributed by atoms with Gasteiger partial charge in [0.1, 0.15) is 5.57 Å². The number of allylic oxidation sites excluding steroid dienone is 2. The highest BCUT2D eigenvalue weighted by atomic mass is 19.4. The first-order chi connectivity index (χ1) is 16.7. The normalized spacial score (nSPS) is 15.8. The van der Waals surface area contributed by atoms with Gasteiger partial charge in [-0.15, -0.1) is 0 Å². The maximum atomic E-state index is 14.2. The second-order valence-corrected chi connectivity index (χ2v) is 7.17. The quantitative estimate of drug-likeness (QED) is 0.172. The topological polar surface area (TPSA) is 37.3 Å². The molecule has 0 aliphatic rings. The van der Waals surface area contributed by atoms with Crippen molar-refractivity contribution in [1.82, 2.24) is 0 Å². The molecule has 0 saturated heterocycles. The van der Waals surface area contributed by atoms with Crippen molar-refractivity contribution < 1.29 is 84.5 Å². The summed E-state index contributed by atoms with van der Waals surface area (Å²) in [5, 5.41) is 8.68. The maximum absolute atomic E-state index is 14.2. The van der Waals surface area contributed by atoms with Crippen LogP contribution in [0.15, 0.2) is 48.1 Å². The van der Waals surface area contributed by atoms with Crippen LogP contribution in [0.3, 0.4) is 0 Å². The summed E-state index contributed by atoms with van der Waals surface area (Å²) in [6, 6.07) is 6.30. The summed E-state index contributed by atoms with van der Waals surface area (Å²) in [5.41, 5.74) is -3.21. The first-order valence-corrected chi connectivity index (χ1v) is 9.05. The molecule has 0 spiro atoms. The lowest BCUT2D eigenvalue weighted by Crippen LogP contribution is -2.74. The molecule has 0 radical (unpaired) electrons. The molecule has 0 saturated carbocycles. The molecule has 1 aromatic carbocycles. The van der Waals surface area contributed by atoms with Crippen molar-refractivity contribution >= 4 is 12.0 Å². The lowest BCUT2D eigenvalue weighted by Gasteiger charge is -2.42. The molecule has 0 heterocycles. The van der Waals surface area contributed by atoms with Crippen LogP contribution in [0.25, 0.3) is 6.08 Å². The van der Waals surface area contributed by atoms with E-state index in [-0.39, 0.29) is 11.6 Å². The first kappa shape index (κ1) is 33.0. The van der Waals surface area contributed by atoms with Crippen LogP contribution in [0, 0.1) is 0 Å². The molecule has 216 valence electrons. The SMILES string of the molecule is O=C(O)C(=CC=Cc1ccccc1)C(F)(F)C(F)(F)C(F)(F)C(F)(F)C(F)(F)C(F)(F)C(F)(F)C(F)(F)F. The van der Waals surface area contributed by atoms with Gasteiger partial charge in [-0.05, 0) is 11.6 Å². The van der Waals surface area contributed by atoms with Crippen LogP contribution in [-0.4, -0.2) is 58.7 Å². The smallest absolute Gasteiger partial charge is 0.460 e. The van der Waals surface area contributed by atoms with Crippen LogP contribution in [0.1, 0.15) is 5.56 Å². The highest BCUT2D eigenvalue weighted by Crippen LogP contribution is 2.64. The lowest BCUT2D eigenvalue weighted by molar-refractivity contribution is -0.460. The number of hydrogen-bond acceptors (Lipinski definition) is 1. The van der Waals surface area contributed by atoms with Gasteiger partial charge < -0.3 is 5.11 Å². The minimum Gasteiger partial charge on any atom is -0.478 e. The van der Waals surface area contributed by atoms with Gasteiger partial charge in [-0.2, -0.15) is 74.6 Å². The zero-order valence-corrected chi connectivity index (χ0v) is 17.4. The minimum absolute atomic E-state index is 0.00731. The Kier molecular flexibility index (Phi) is 8.36. The molecule has 0 bridgehead atoms. The van der Waals surface area contributed by atoms with E-state index < -0.39 is 65.3 Å². The fourth-order valence-corrected chi connectivity index (χ4v) is 2.46. The molecular weight excluding hydrogens is 583 g/mol. The number of aliphatic carboxylic acids is 1. The van der Waals surface area contributed by atoms with Crippen LogP contribution >= 0.6 is 0 Å². The predicted octanol–water partition coefficient (Wildman–Crippen LogP) is 7.72. The minimum atomic E-state index is -8.79. The summed E-state index contributed by atoms with van der Waals surface area (Å²) in [6.07, 6.45) is -7.67. The van der Waals surface area contributed by atoms with Gasteiger partial charge in [-0.25, -0.2) is 4.79 Å². The van der Waals surface area contributed by atoms with Crippen LogP contribution < -0.4 is 0 Å². The molecule has 38 heavy (non-hydrogen) atoms. The molecule has 19 heteroatoms. The van der Waals surface area contributed by atoms with Gasteiger partial charge in [0.2, 0.25) is 0 Å². The standard InChI is InChI=1S/C19H9F17O2/c20-12(21,10(11(37)38)8-4-7-9-5-2-1-3-6-9)13(22,23)14(24,25)15(26,27)16(28,29)17(30,31)18(32,33)19(34,35)36/h1-8H,(H,37,38). The third kappa shape index (κ3) is 4.78. The van der Waals surface area contributed by atoms with E-state index in [1.165, 1.54) is 30.3 Å². The van der Waals surface area contributed by atoms with Gasteiger partial charge in [0.15, 0.2) is 0 Å². The Hall–Kier alpha value is -3.02. The monoisotopic (exact) mass is 592 g/mol. The maximum Gasteiger partial charge on any atom is 0.460 e. The number of halogens is 17. The largest absolute Gasteiger partial charge is 0.478 e. The van der Waals surface area contributed by atoms with Crippen molar-refractivity contribution in [2.24, 2.45) is 0 Å². The molecule has 0 amide bonds. The molecule has 1 aromatic rings. The van der Waals surface area contributed by atoms with Crippen LogP contribution in [-0.2, 0) is 4.79 Å². The van der Waals surface area contributed by atoms with Crippen molar-refractivity contribution in [3.8, 4) is 0 Å². The molecule has 1 N–H and O–H groups in total. The summed E-state index contributed by atoms with van der Waals surface area (Å²) in [7, 11) is 0. The van der Waals surface area contributed by atoms with Gasteiger partial charge in [-0.1, -0.05) is 42.5 Å². The Morgan fingerprint density at radius 2 is 0.947 bits per heavy atom.